The molecule has 1 aromatic rings. The van der Waals surface area contributed by atoms with Gasteiger partial charge in [0.25, 0.3) is 0 Å². The number of ether oxygens (including phenoxy) is 1. The number of hydrogen-bond donors (Lipinski definition) is 2. The van der Waals surface area contributed by atoms with E-state index < -0.39 is 5.97 Å². The molecule has 2 atom stereocenters. The van der Waals surface area contributed by atoms with Crippen molar-refractivity contribution in [2.45, 2.75) is 31.1 Å². The number of nitrogens with one attached hydrogen (secondary N) is 1. The van der Waals surface area contributed by atoms with E-state index in [2.05, 4.69) is 10.2 Å². The number of aliphatic carboxylic acids is 1. The molecule has 0 aliphatic carbocycles. The van der Waals surface area contributed by atoms with Gasteiger partial charge in [-0.2, -0.15) is 0 Å². The molecule has 0 bridgehead atoms. The number of rotatable bonds is 5. The molecule has 1 aromatic heterocycles. The van der Waals surface area contributed by atoms with Crippen LogP contribution in [0.1, 0.15) is 13.3 Å². The molecule has 1 aliphatic heterocycles. The van der Waals surface area contributed by atoms with Crippen molar-refractivity contribution in [1.82, 2.24) is 14.8 Å². The lowest BCUT2D eigenvalue weighted by atomic mass is 10.0. The minimum Gasteiger partial charge on any atom is -0.481 e. The Morgan fingerprint density at radius 1 is 1.72 bits per heavy atom. The van der Waals surface area contributed by atoms with E-state index in [-0.39, 0.29) is 23.5 Å². The first kappa shape index (κ1) is 13.2. The van der Waals surface area contributed by atoms with Crippen molar-refractivity contribution >= 4 is 17.7 Å². The summed E-state index contributed by atoms with van der Waals surface area (Å²) in [5, 5.41) is 15.2. The topological polar surface area (TPSA) is 97.2 Å². The molecule has 18 heavy (non-hydrogen) atoms. The fourth-order valence-electron chi connectivity index (χ4n) is 1.95. The standard InChI is InChI=1S/C10H15N3O4S/c1-6-7(2-3-17-6)4-13-9(16)11-12-10(13)18-5-8(14)15/h6-7H,2-5H2,1H3,(H,11,16)(H,14,15). The second kappa shape index (κ2) is 5.57. The maximum absolute atomic E-state index is 11.6. The molecule has 2 unspecified atom stereocenters. The first-order valence-corrected chi connectivity index (χ1v) is 6.68. The molecule has 8 heteroatoms. The molecule has 2 N–H and O–H groups in total. The number of carboxylic acids is 1. The van der Waals surface area contributed by atoms with Gasteiger partial charge in [-0.1, -0.05) is 11.8 Å². The number of nitrogens with zero attached hydrogens (tertiary/aromatic N) is 2. The molecule has 100 valence electrons. The van der Waals surface area contributed by atoms with E-state index in [1.54, 1.807) is 0 Å². The van der Waals surface area contributed by atoms with Crippen molar-refractivity contribution in [3.63, 3.8) is 0 Å². The number of hydrogen-bond acceptors (Lipinski definition) is 5. The Hall–Kier alpha value is -1.28. The van der Waals surface area contributed by atoms with E-state index in [0.717, 1.165) is 18.2 Å². The second-order valence-electron chi connectivity index (χ2n) is 4.23. The number of aromatic amines is 1. The normalized spacial score (nSPS) is 23.4. The van der Waals surface area contributed by atoms with Crippen molar-refractivity contribution in [2.75, 3.05) is 12.4 Å². The van der Waals surface area contributed by atoms with Gasteiger partial charge in [-0.05, 0) is 13.3 Å². The Morgan fingerprint density at radius 3 is 3.11 bits per heavy atom. The van der Waals surface area contributed by atoms with Gasteiger partial charge in [0.05, 0.1) is 11.9 Å². The zero-order valence-electron chi connectivity index (χ0n) is 9.96. The van der Waals surface area contributed by atoms with Gasteiger partial charge in [-0.25, -0.2) is 9.89 Å². The lowest BCUT2D eigenvalue weighted by Crippen LogP contribution is -2.25. The Bertz CT molecular complexity index is 484. The van der Waals surface area contributed by atoms with Gasteiger partial charge in [-0.3, -0.25) is 9.36 Å². The monoisotopic (exact) mass is 273 g/mol. The molecule has 0 saturated carbocycles. The van der Waals surface area contributed by atoms with Crippen LogP contribution in [0.3, 0.4) is 0 Å². The van der Waals surface area contributed by atoms with Crippen LogP contribution in [0, 0.1) is 5.92 Å². The van der Waals surface area contributed by atoms with E-state index in [1.165, 1.54) is 4.57 Å². The van der Waals surface area contributed by atoms with Crippen LogP contribution in [0.25, 0.3) is 0 Å². The maximum Gasteiger partial charge on any atom is 0.343 e. The lowest BCUT2D eigenvalue weighted by Gasteiger charge is -2.14. The van der Waals surface area contributed by atoms with Gasteiger partial charge in [0.15, 0.2) is 5.16 Å². The Labute approximate surface area is 108 Å². The summed E-state index contributed by atoms with van der Waals surface area (Å²) in [6.07, 6.45) is 1.02. The van der Waals surface area contributed by atoms with Crippen LogP contribution in [0.4, 0.5) is 0 Å². The smallest absolute Gasteiger partial charge is 0.343 e. The summed E-state index contributed by atoms with van der Waals surface area (Å²) in [5.41, 5.74) is -0.304. The zero-order chi connectivity index (χ0) is 13.1. The van der Waals surface area contributed by atoms with Gasteiger partial charge in [0.1, 0.15) is 0 Å². The third-order valence-electron chi connectivity index (χ3n) is 3.00. The van der Waals surface area contributed by atoms with E-state index in [0.29, 0.717) is 18.3 Å². The van der Waals surface area contributed by atoms with Gasteiger partial charge in [0, 0.05) is 19.1 Å². The highest BCUT2D eigenvalue weighted by Gasteiger charge is 2.26. The summed E-state index contributed by atoms with van der Waals surface area (Å²) < 4.78 is 6.93. The van der Waals surface area contributed by atoms with Gasteiger partial charge in [0.2, 0.25) is 0 Å². The van der Waals surface area contributed by atoms with E-state index >= 15 is 0 Å². The average molecular weight is 273 g/mol. The van der Waals surface area contributed by atoms with Crippen LogP contribution in [-0.2, 0) is 16.1 Å². The fraction of sp³-hybridized carbons (Fsp3) is 0.700. The molecular formula is C10H15N3O4S. The summed E-state index contributed by atoms with van der Waals surface area (Å²) >= 11 is 1.04. The molecule has 1 fully saturated rings. The van der Waals surface area contributed by atoms with Crippen LogP contribution in [0.2, 0.25) is 0 Å². The van der Waals surface area contributed by atoms with Crippen LogP contribution in [0.15, 0.2) is 9.95 Å². The largest absolute Gasteiger partial charge is 0.481 e. The Kier molecular flexibility index (Phi) is 4.07. The minimum absolute atomic E-state index is 0.110. The number of aromatic nitrogens is 3. The molecule has 7 nitrogen and oxygen atoms in total. The summed E-state index contributed by atoms with van der Waals surface area (Å²) in [4.78, 5) is 22.1. The van der Waals surface area contributed by atoms with Crippen molar-refractivity contribution in [2.24, 2.45) is 5.92 Å². The summed E-state index contributed by atoms with van der Waals surface area (Å²) in [7, 11) is 0. The summed E-state index contributed by atoms with van der Waals surface area (Å²) in [5.74, 6) is -0.773. The lowest BCUT2D eigenvalue weighted by molar-refractivity contribution is -0.133. The molecule has 1 saturated heterocycles. The first-order chi connectivity index (χ1) is 8.58. The quantitative estimate of drug-likeness (QED) is 0.742. The predicted octanol–water partition coefficient (Wildman–Crippen LogP) is 0.173. The molecule has 0 amide bonds. The van der Waals surface area contributed by atoms with Crippen molar-refractivity contribution in [1.29, 1.82) is 0 Å². The van der Waals surface area contributed by atoms with E-state index in [9.17, 15) is 9.59 Å². The average Bonchev–Trinajstić information content (AvgIpc) is 2.86. The fourth-order valence-corrected chi connectivity index (χ4v) is 2.63. The molecule has 0 aromatic carbocycles. The minimum atomic E-state index is -0.931. The van der Waals surface area contributed by atoms with Crippen LogP contribution in [-0.4, -0.2) is 44.3 Å². The summed E-state index contributed by atoms with van der Waals surface area (Å²) in [6, 6.07) is 0. The molecular weight excluding hydrogens is 258 g/mol. The summed E-state index contributed by atoms with van der Waals surface area (Å²) in [6.45, 7) is 3.20. The second-order valence-corrected chi connectivity index (χ2v) is 5.17. The Balaban J connectivity index is 2.08. The van der Waals surface area contributed by atoms with Gasteiger partial charge in [-0.15, -0.1) is 5.10 Å². The molecule has 2 heterocycles. The third kappa shape index (κ3) is 2.94. The third-order valence-corrected chi connectivity index (χ3v) is 3.96. The van der Waals surface area contributed by atoms with E-state index in [4.69, 9.17) is 9.84 Å². The van der Waals surface area contributed by atoms with Crippen LogP contribution >= 0.6 is 11.8 Å². The molecule has 0 radical (unpaired) electrons. The zero-order valence-corrected chi connectivity index (χ0v) is 10.8. The maximum atomic E-state index is 11.6. The predicted molar refractivity (Wildman–Crippen MR) is 64.7 cm³/mol. The highest BCUT2D eigenvalue weighted by Crippen LogP contribution is 2.23. The number of thioether (sulfide) groups is 1. The van der Waals surface area contributed by atoms with Gasteiger partial charge >= 0.3 is 11.7 Å². The number of carboxylic acid groups (broad SMARTS) is 1. The molecule has 1 aliphatic rings. The number of H-pyrrole nitrogens is 1. The SMILES string of the molecule is CC1OCCC1Cn1c(SCC(=O)O)n[nH]c1=O. The van der Waals surface area contributed by atoms with Gasteiger partial charge < -0.3 is 9.84 Å². The van der Waals surface area contributed by atoms with Crippen molar-refractivity contribution in [3.05, 3.63) is 10.5 Å². The van der Waals surface area contributed by atoms with Crippen LogP contribution in [0.5, 0.6) is 0 Å². The van der Waals surface area contributed by atoms with E-state index in [1.807, 2.05) is 6.92 Å². The van der Waals surface area contributed by atoms with Crippen LogP contribution < -0.4 is 5.69 Å². The number of carbonyl (C=O) groups is 1. The van der Waals surface area contributed by atoms with Crippen molar-refractivity contribution in [3.8, 4) is 0 Å². The Morgan fingerprint density at radius 2 is 2.50 bits per heavy atom. The van der Waals surface area contributed by atoms with Crippen molar-refractivity contribution < 1.29 is 14.6 Å². The molecule has 2 rings (SSSR count). The molecule has 0 spiro atoms. The highest BCUT2D eigenvalue weighted by molar-refractivity contribution is 7.99. The highest BCUT2D eigenvalue weighted by atomic mass is 32.2. The first-order valence-electron chi connectivity index (χ1n) is 5.69.